The Bertz CT molecular complexity index is 1070. The van der Waals surface area contributed by atoms with E-state index in [1.165, 1.54) is 0 Å². The molecule has 0 spiro atoms. The van der Waals surface area contributed by atoms with Crippen LogP contribution >= 0.6 is 11.6 Å². The molecule has 2 aromatic rings. The minimum Gasteiger partial charge on any atom is -0.454 e. The molecule has 0 aliphatic carbocycles. The lowest BCUT2D eigenvalue weighted by Gasteiger charge is -2.36. The van der Waals surface area contributed by atoms with Gasteiger partial charge in [-0.2, -0.15) is 0 Å². The molecule has 33 heavy (non-hydrogen) atoms. The Morgan fingerprint density at radius 1 is 1.09 bits per heavy atom. The zero-order valence-corrected chi connectivity index (χ0v) is 19.3. The number of halogens is 1. The number of hydrogen-bond acceptors (Lipinski definition) is 6. The third-order valence-corrected chi connectivity index (χ3v) is 6.78. The van der Waals surface area contributed by atoms with Crippen molar-refractivity contribution >= 4 is 40.5 Å². The van der Waals surface area contributed by atoms with E-state index in [9.17, 15) is 9.59 Å². The van der Waals surface area contributed by atoms with Gasteiger partial charge in [0.25, 0.3) is 0 Å². The Morgan fingerprint density at radius 2 is 1.88 bits per heavy atom. The Hall–Kier alpha value is -2.97. The second-order valence-electron chi connectivity index (χ2n) is 8.51. The molecule has 0 aromatic heterocycles. The van der Waals surface area contributed by atoms with Gasteiger partial charge in [-0.25, -0.2) is 0 Å². The second-order valence-corrected chi connectivity index (χ2v) is 8.95. The van der Waals surface area contributed by atoms with Crippen molar-refractivity contribution in [3.8, 4) is 11.5 Å². The summed E-state index contributed by atoms with van der Waals surface area (Å²) < 4.78 is 10.8. The number of carbonyl (C=O) groups is 2. The summed E-state index contributed by atoms with van der Waals surface area (Å²) in [5, 5.41) is 3.61. The molecule has 2 fully saturated rings. The first-order valence-corrected chi connectivity index (χ1v) is 11.7. The lowest BCUT2D eigenvalue weighted by atomic mass is 10.1. The summed E-state index contributed by atoms with van der Waals surface area (Å²) in [6, 6.07) is 11.0. The first-order valence-electron chi connectivity index (χ1n) is 11.3. The van der Waals surface area contributed by atoms with Gasteiger partial charge in [-0.05, 0) is 36.9 Å². The second kappa shape index (κ2) is 9.11. The van der Waals surface area contributed by atoms with E-state index in [0.29, 0.717) is 34.4 Å². The fourth-order valence-corrected chi connectivity index (χ4v) is 4.78. The number of likely N-dealkylation sites (N-methyl/N-ethyl adjacent to an activating group) is 1. The van der Waals surface area contributed by atoms with Crippen LogP contribution in [0.15, 0.2) is 36.4 Å². The molecule has 0 bridgehead atoms. The fourth-order valence-electron chi connectivity index (χ4n) is 4.61. The molecular weight excluding hydrogens is 444 g/mol. The number of amides is 2. The number of nitrogens with one attached hydrogen (secondary N) is 1. The lowest BCUT2D eigenvalue weighted by Crippen LogP contribution is -2.46. The molecule has 5 rings (SSSR count). The molecule has 174 valence electrons. The van der Waals surface area contributed by atoms with Crippen molar-refractivity contribution in [3.05, 3.63) is 41.4 Å². The molecule has 1 N–H and O–H groups in total. The quantitative estimate of drug-likeness (QED) is 0.723. The smallest absolute Gasteiger partial charge is 0.231 e. The van der Waals surface area contributed by atoms with E-state index < -0.39 is 5.92 Å². The average Bonchev–Trinajstić information content (AvgIpc) is 3.45. The Balaban J connectivity index is 1.29. The maximum atomic E-state index is 13.2. The molecule has 0 saturated carbocycles. The Morgan fingerprint density at radius 3 is 2.67 bits per heavy atom. The van der Waals surface area contributed by atoms with E-state index in [4.69, 9.17) is 21.1 Å². The summed E-state index contributed by atoms with van der Waals surface area (Å²) in [7, 11) is 0. The average molecular weight is 471 g/mol. The molecule has 3 aliphatic rings. The topological polar surface area (TPSA) is 74.4 Å². The van der Waals surface area contributed by atoms with Gasteiger partial charge < -0.3 is 29.5 Å². The summed E-state index contributed by atoms with van der Waals surface area (Å²) in [6.45, 7) is 7.42. The third kappa shape index (κ3) is 4.45. The van der Waals surface area contributed by atoms with E-state index in [1.54, 1.807) is 23.1 Å². The van der Waals surface area contributed by atoms with Crippen LogP contribution in [-0.4, -0.2) is 62.8 Å². The van der Waals surface area contributed by atoms with Crippen LogP contribution in [0.5, 0.6) is 11.5 Å². The summed E-state index contributed by atoms with van der Waals surface area (Å²) in [6.07, 6.45) is 0.158. The molecule has 2 saturated heterocycles. The molecule has 3 heterocycles. The highest BCUT2D eigenvalue weighted by Gasteiger charge is 2.36. The molecule has 0 radical (unpaired) electrons. The highest BCUT2D eigenvalue weighted by Crippen LogP contribution is 2.37. The Labute approximate surface area is 198 Å². The molecule has 8 nitrogen and oxygen atoms in total. The molecular formula is C24H27ClN4O4. The lowest BCUT2D eigenvalue weighted by molar-refractivity contribution is -0.122. The van der Waals surface area contributed by atoms with Crippen LogP contribution in [0.1, 0.15) is 13.3 Å². The standard InChI is InChI=1S/C24H27ClN4O4/c1-2-27-7-9-28(10-8-27)20-5-3-17(25)12-19(20)26-24(31)16-11-23(30)29(14-16)18-4-6-21-22(13-18)33-15-32-21/h3-6,12-13,16H,2,7-11,14-15H2,1H3,(H,26,31). The van der Waals surface area contributed by atoms with Gasteiger partial charge in [0.05, 0.1) is 17.3 Å². The zero-order chi connectivity index (χ0) is 22.9. The minimum atomic E-state index is -0.452. The van der Waals surface area contributed by atoms with Crippen LogP contribution in [0.2, 0.25) is 5.02 Å². The summed E-state index contributed by atoms with van der Waals surface area (Å²) in [5.74, 6) is 0.554. The molecule has 2 amide bonds. The largest absolute Gasteiger partial charge is 0.454 e. The van der Waals surface area contributed by atoms with Crippen molar-refractivity contribution in [3.63, 3.8) is 0 Å². The van der Waals surface area contributed by atoms with E-state index in [-0.39, 0.29) is 25.0 Å². The molecule has 9 heteroatoms. The first kappa shape index (κ1) is 21.9. The van der Waals surface area contributed by atoms with Gasteiger partial charge in [0.1, 0.15) is 0 Å². The predicted octanol–water partition coefficient (Wildman–Crippen LogP) is 3.20. The van der Waals surface area contributed by atoms with Crippen LogP contribution in [0.3, 0.4) is 0 Å². The van der Waals surface area contributed by atoms with Crippen LogP contribution in [-0.2, 0) is 9.59 Å². The van der Waals surface area contributed by atoms with Gasteiger partial charge >= 0.3 is 0 Å². The number of rotatable bonds is 5. The number of fused-ring (bicyclic) bond motifs is 1. The summed E-state index contributed by atoms with van der Waals surface area (Å²) in [4.78, 5) is 32.2. The summed E-state index contributed by atoms with van der Waals surface area (Å²) >= 11 is 6.25. The number of nitrogens with zero attached hydrogens (tertiary/aromatic N) is 3. The molecule has 2 aromatic carbocycles. The van der Waals surface area contributed by atoms with E-state index >= 15 is 0 Å². The van der Waals surface area contributed by atoms with Gasteiger partial charge in [0.2, 0.25) is 18.6 Å². The van der Waals surface area contributed by atoms with Crippen LogP contribution in [0.4, 0.5) is 17.1 Å². The van der Waals surface area contributed by atoms with Gasteiger partial charge in [-0.15, -0.1) is 0 Å². The van der Waals surface area contributed by atoms with E-state index in [0.717, 1.165) is 38.4 Å². The molecule has 1 unspecified atom stereocenters. The maximum Gasteiger partial charge on any atom is 0.231 e. The van der Waals surface area contributed by atoms with Crippen molar-refractivity contribution < 1.29 is 19.1 Å². The number of benzene rings is 2. The van der Waals surface area contributed by atoms with Gasteiger partial charge in [0, 0.05) is 55.9 Å². The SMILES string of the molecule is CCN1CCN(c2ccc(Cl)cc2NC(=O)C2CC(=O)N(c3ccc4c(c3)OCO4)C2)CC1. The first-order chi connectivity index (χ1) is 16.0. The Kier molecular flexibility index (Phi) is 6.03. The van der Waals surface area contributed by atoms with Crippen molar-refractivity contribution in [2.24, 2.45) is 5.92 Å². The van der Waals surface area contributed by atoms with Crippen molar-refractivity contribution in [2.75, 3.05) is 61.2 Å². The van der Waals surface area contributed by atoms with E-state index in [2.05, 4.69) is 22.0 Å². The van der Waals surface area contributed by atoms with E-state index in [1.807, 2.05) is 18.2 Å². The van der Waals surface area contributed by atoms with Crippen LogP contribution < -0.4 is 24.6 Å². The third-order valence-electron chi connectivity index (χ3n) is 6.54. The minimum absolute atomic E-state index is 0.0870. The zero-order valence-electron chi connectivity index (χ0n) is 18.6. The predicted molar refractivity (Wildman–Crippen MR) is 127 cm³/mol. The monoisotopic (exact) mass is 470 g/mol. The number of piperazine rings is 1. The highest BCUT2D eigenvalue weighted by molar-refractivity contribution is 6.31. The van der Waals surface area contributed by atoms with Crippen molar-refractivity contribution in [1.29, 1.82) is 0 Å². The number of anilines is 3. The molecule has 3 aliphatic heterocycles. The number of hydrogen-bond donors (Lipinski definition) is 1. The normalized spacial score (nSPS) is 20.4. The molecule has 1 atom stereocenters. The van der Waals surface area contributed by atoms with Crippen molar-refractivity contribution in [1.82, 2.24) is 4.90 Å². The maximum absolute atomic E-state index is 13.2. The van der Waals surface area contributed by atoms with Crippen LogP contribution in [0, 0.1) is 5.92 Å². The van der Waals surface area contributed by atoms with Crippen LogP contribution in [0.25, 0.3) is 0 Å². The van der Waals surface area contributed by atoms with Crippen molar-refractivity contribution in [2.45, 2.75) is 13.3 Å². The van der Waals surface area contributed by atoms with Gasteiger partial charge in [0.15, 0.2) is 11.5 Å². The van der Waals surface area contributed by atoms with Gasteiger partial charge in [-0.1, -0.05) is 18.5 Å². The van der Waals surface area contributed by atoms with Gasteiger partial charge in [-0.3, -0.25) is 9.59 Å². The number of carbonyl (C=O) groups excluding carboxylic acids is 2. The number of ether oxygens (including phenoxy) is 2. The fraction of sp³-hybridized carbons (Fsp3) is 0.417. The highest BCUT2D eigenvalue weighted by atomic mass is 35.5. The summed E-state index contributed by atoms with van der Waals surface area (Å²) in [5.41, 5.74) is 2.35.